The molecule has 2 aromatic rings. The molecule has 1 aromatic carbocycles. The molecule has 0 spiro atoms. The van der Waals surface area contributed by atoms with Crippen LogP contribution in [0.4, 0.5) is 0 Å². The molecule has 0 radical (unpaired) electrons. The summed E-state index contributed by atoms with van der Waals surface area (Å²) in [6.07, 6.45) is 0. The number of aromatic nitrogens is 1. The molecule has 1 unspecified atom stereocenters. The summed E-state index contributed by atoms with van der Waals surface area (Å²) in [6.45, 7) is 0. The summed E-state index contributed by atoms with van der Waals surface area (Å²) in [4.78, 5) is 22.2. The van der Waals surface area contributed by atoms with Gasteiger partial charge in [0.2, 0.25) is 0 Å². The Balaban J connectivity index is 3.15. The first kappa shape index (κ1) is 8.20. The van der Waals surface area contributed by atoms with Crippen LogP contribution in [0.5, 0.6) is 0 Å². The van der Waals surface area contributed by atoms with Gasteiger partial charge in [-0.2, -0.15) is 0 Å². The lowest BCUT2D eigenvalue weighted by molar-refractivity contribution is 0.454. The second kappa shape index (κ2) is 2.82. The van der Waals surface area contributed by atoms with Gasteiger partial charge in [0.25, 0.3) is 0 Å². The molecule has 66 valence electrons. The highest BCUT2D eigenvalue weighted by Gasteiger charge is 2.03. The quantitative estimate of drug-likeness (QED) is 0.578. The Morgan fingerprint density at radius 2 is 1.92 bits per heavy atom. The Labute approximate surface area is 75.1 Å². The Bertz CT molecular complexity index is 569. The standard InChI is InChI=1S/C8H6NO3P/c10-7-5-3-1-2-4-6(5)9(13)8(11)12-7/h1-4H,13H2. The number of para-hydroxylation sites is 1. The van der Waals surface area contributed by atoms with Crippen molar-refractivity contribution in [3.63, 3.8) is 0 Å². The summed E-state index contributed by atoms with van der Waals surface area (Å²) < 4.78 is 5.67. The lowest BCUT2D eigenvalue weighted by Gasteiger charge is -1.99. The zero-order valence-electron chi connectivity index (χ0n) is 6.56. The minimum absolute atomic E-state index is 0.400. The lowest BCUT2D eigenvalue weighted by atomic mass is 10.2. The monoisotopic (exact) mass is 195 g/mol. The first-order valence-electron chi connectivity index (χ1n) is 3.60. The van der Waals surface area contributed by atoms with Crippen LogP contribution in [0.25, 0.3) is 10.9 Å². The number of nitrogens with zero attached hydrogens (tertiary/aromatic N) is 1. The number of rotatable bonds is 0. The Morgan fingerprint density at radius 1 is 1.23 bits per heavy atom. The third-order valence-electron chi connectivity index (χ3n) is 1.76. The van der Waals surface area contributed by atoms with Crippen molar-refractivity contribution in [2.24, 2.45) is 0 Å². The molecule has 0 aliphatic carbocycles. The smallest absolute Gasteiger partial charge is 0.372 e. The van der Waals surface area contributed by atoms with Gasteiger partial charge in [-0.05, 0) is 21.5 Å². The van der Waals surface area contributed by atoms with E-state index in [1.807, 2.05) is 0 Å². The summed E-state index contributed by atoms with van der Waals surface area (Å²) >= 11 is 0. The zero-order chi connectivity index (χ0) is 9.42. The van der Waals surface area contributed by atoms with E-state index in [0.29, 0.717) is 10.9 Å². The maximum atomic E-state index is 11.2. The topological polar surface area (TPSA) is 52.2 Å². The summed E-state index contributed by atoms with van der Waals surface area (Å²) in [5, 5.41) is 0.400. The van der Waals surface area contributed by atoms with Crippen molar-refractivity contribution in [2.45, 2.75) is 0 Å². The molecule has 0 aliphatic rings. The van der Waals surface area contributed by atoms with E-state index in [9.17, 15) is 9.59 Å². The molecule has 0 aliphatic heterocycles. The van der Waals surface area contributed by atoms with Crippen LogP contribution >= 0.6 is 9.39 Å². The molecule has 0 fully saturated rings. The highest BCUT2D eigenvalue weighted by Crippen LogP contribution is 2.08. The van der Waals surface area contributed by atoms with Gasteiger partial charge in [-0.15, -0.1) is 0 Å². The van der Waals surface area contributed by atoms with E-state index in [1.165, 1.54) is 4.34 Å². The fourth-order valence-electron chi connectivity index (χ4n) is 1.14. The highest BCUT2D eigenvalue weighted by atomic mass is 31.0. The van der Waals surface area contributed by atoms with E-state index >= 15 is 0 Å². The molecule has 2 rings (SSSR count). The van der Waals surface area contributed by atoms with Gasteiger partial charge in [0.05, 0.1) is 10.9 Å². The van der Waals surface area contributed by atoms with Gasteiger partial charge in [0.15, 0.2) is 0 Å². The van der Waals surface area contributed by atoms with Gasteiger partial charge in [0, 0.05) is 0 Å². The second-order valence-corrected chi connectivity index (χ2v) is 3.06. The van der Waals surface area contributed by atoms with Gasteiger partial charge < -0.3 is 4.42 Å². The minimum atomic E-state index is -0.672. The molecule has 5 heteroatoms. The van der Waals surface area contributed by atoms with Crippen LogP contribution in [0.1, 0.15) is 0 Å². The van der Waals surface area contributed by atoms with E-state index < -0.39 is 11.4 Å². The Morgan fingerprint density at radius 3 is 2.69 bits per heavy atom. The molecule has 0 N–H and O–H groups in total. The first-order valence-corrected chi connectivity index (χ1v) is 4.12. The molecule has 0 saturated heterocycles. The third kappa shape index (κ3) is 1.19. The molecule has 4 nitrogen and oxygen atoms in total. The van der Waals surface area contributed by atoms with Crippen molar-refractivity contribution < 1.29 is 4.42 Å². The molecule has 0 amide bonds. The predicted octanol–water partition coefficient (Wildman–Crippen LogP) is 0.593. The van der Waals surface area contributed by atoms with Crippen molar-refractivity contribution in [1.82, 2.24) is 4.34 Å². The average molecular weight is 195 g/mol. The molecule has 13 heavy (non-hydrogen) atoms. The molecular weight excluding hydrogens is 189 g/mol. The maximum absolute atomic E-state index is 11.2. The van der Waals surface area contributed by atoms with Gasteiger partial charge >= 0.3 is 11.4 Å². The van der Waals surface area contributed by atoms with E-state index in [-0.39, 0.29) is 0 Å². The SMILES string of the molecule is O=c1oc(=O)n(P)c2ccccc12. The fraction of sp³-hybridized carbons (Fsp3) is 0. The van der Waals surface area contributed by atoms with Crippen molar-refractivity contribution in [1.29, 1.82) is 0 Å². The summed E-state index contributed by atoms with van der Waals surface area (Å²) in [5.74, 6) is -0.672. The van der Waals surface area contributed by atoms with E-state index in [4.69, 9.17) is 0 Å². The maximum Gasteiger partial charge on any atom is 0.425 e. The number of hydrogen-bond acceptors (Lipinski definition) is 3. The van der Waals surface area contributed by atoms with Crippen LogP contribution in [0, 0.1) is 0 Å². The zero-order valence-corrected chi connectivity index (χ0v) is 7.71. The minimum Gasteiger partial charge on any atom is -0.372 e. The first-order chi connectivity index (χ1) is 6.20. The van der Waals surface area contributed by atoms with Crippen LogP contribution in [0.3, 0.4) is 0 Å². The number of hydrogen-bond donors (Lipinski definition) is 0. The molecule has 0 bridgehead atoms. The van der Waals surface area contributed by atoms with E-state index in [2.05, 4.69) is 13.8 Å². The van der Waals surface area contributed by atoms with Crippen molar-refractivity contribution in [2.75, 3.05) is 0 Å². The average Bonchev–Trinajstić information content (AvgIpc) is 2.15. The Hall–Kier alpha value is -1.41. The van der Waals surface area contributed by atoms with Crippen LogP contribution in [-0.4, -0.2) is 4.34 Å². The summed E-state index contributed by atoms with van der Waals surface area (Å²) in [5.41, 5.74) is -0.0481. The summed E-state index contributed by atoms with van der Waals surface area (Å²) in [7, 11) is 2.20. The van der Waals surface area contributed by atoms with Gasteiger partial charge in [-0.1, -0.05) is 12.1 Å². The van der Waals surface area contributed by atoms with Gasteiger partial charge in [-0.25, -0.2) is 9.59 Å². The van der Waals surface area contributed by atoms with Crippen molar-refractivity contribution in [3.05, 3.63) is 45.2 Å². The highest BCUT2D eigenvalue weighted by molar-refractivity contribution is 7.14. The van der Waals surface area contributed by atoms with Crippen LogP contribution in [-0.2, 0) is 0 Å². The molecular formula is C8H6NO3P. The van der Waals surface area contributed by atoms with Gasteiger partial charge in [-0.3, -0.25) is 4.34 Å². The number of benzene rings is 1. The number of fused-ring (bicyclic) bond motifs is 1. The largest absolute Gasteiger partial charge is 0.425 e. The molecule has 1 atom stereocenters. The van der Waals surface area contributed by atoms with Crippen LogP contribution < -0.4 is 11.4 Å². The molecule has 1 aromatic heterocycles. The van der Waals surface area contributed by atoms with E-state index in [0.717, 1.165) is 0 Å². The lowest BCUT2D eigenvalue weighted by Crippen LogP contribution is -2.18. The normalized spacial score (nSPS) is 10.5. The predicted molar refractivity (Wildman–Crippen MR) is 51.9 cm³/mol. The third-order valence-corrected chi connectivity index (χ3v) is 2.25. The summed E-state index contributed by atoms with van der Waals surface area (Å²) in [6, 6.07) is 6.76. The molecule has 0 saturated carbocycles. The van der Waals surface area contributed by atoms with E-state index in [1.54, 1.807) is 24.3 Å². The second-order valence-electron chi connectivity index (χ2n) is 2.54. The van der Waals surface area contributed by atoms with Gasteiger partial charge in [0.1, 0.15) is 0 Å². The van der Waals surface area contributed by atoms with Crippen LogP contribution in [0.2, 0.25) is 0 Å². The van der Waals surface area contributed by atoms with Crippen molar-refractivity contribution >= 4 is 20.3 Å². The van der Waals surface area contributed by atoms with Crippen LogP contribution in [0.15, 0.2) is 38.3 Å². The Kier molecular flexibility index (Phi) is 1.78. The fourth-order valence-corrected chi connectivity index (χ4v) is 1.42. The van der Waals surface area contributed by atoms with Crippen molar-refractivity contribution in [3.8, 4) is 0 Å². The molecule has 1 heterocycles.